The van der Waals surface area contributed by atoms with Crippen molar-refractivity contribution < 1.29 is 0 Å². The molecule has 0 aromatic heterocycles. The summed E-state index contributed by atoms with van der Waals surface area (Å²) in [5.74, 6) is 2.06. The Kier molecular flexibility index (Phi) is 6.56. The highest BCUT2D eigenvalue weighted by Crippen LogP contribution is 2.40. The molecule has 0 unspecified atom stereocenters. The molecule has 3 rings (SSSR count). The Morgan fingerprint density at radius 3 is 2.67 bits per heavy atom. The van der Waals surface area contributed by atoms with E-state index in [0.29, 0.717) is 5.70 Å². The summed E-state index contributed by atoms with van der Waals surface area (Å²) >= 11 is 3.57. The lowest BCUT2D eigenvalue weighted by atomic mass is 10.0. The summed E-state index contributed by atoms with van der Waals surface area (Å²) in [6, 6.07) is 18.7. The largest absolute Gasteiger partial charge is 0.145 e. The van der Waals surface area contributed by atoms with Crippen LogP contribution >= 0.6 is 23.5 Å². The number of hydrogen-bond acceptors (Lipinski definition) is 4. The van der Waals surface area contributed by atoms with Crippen LogP contribution in [0.25, 0.3) is 5.70 Å². The summed E-state index contributed by atoms with van der Waals surface area (Å²) in [7, 11) is 0. The van der Waals surface area contributed by atoms with Crippen molar-refractivity contribution in [1.29, 1.82) is 0 Å². The molecule has 1 aliphatic heterocycles. The molecule has 0 amide bonds. The van der Waals surface area contributed by atoms with Crippen LogP contribution in [-0.4, -0.2) is 11.5 Å². The fourth-order valence-electron chi connectivity index (χ4n) is 2.86. The van der Waals surface area contributed by atoms with E-state index in [2.05, 4.69) is 35.5 Å². The van der Waals surface area contributed by atoms with Crippen LogP contribution in [0.15, 0.2) is 64.0 Å². The third-order valence-electron chi connectivity index (χ3n) is 4.07. The van der Waals surface area contributed by atoms with E-state index in [1.165, 1.54) is 11.1 Å². The molecule has 0 saturated heterocycles. The molecule has 2 aromatic rings. The zero-order chi connectivity index (χ0) is 16.6. The number of fused-ring (bicyclic) bond motifs is 1. The Morgan fingerprint density at radius 1 is 1.04 bits per heavy atom. The molecule has 24 heavy (non-hydrogen) atoms. The second-order valence-corrected chi connectivity index (χ2v) is 8.24. The SMILES string of the molecule is O=NC1=C(SCCCc2ccccc2)SCCCc2ccccc21. The van der Waals surface area contributed by atoms with Crippen LogP contribution in [-0.2, 0) is 12.8 Å². The minimum atomic E-state index is 0.639. The molecule has 124 valence electrons. The lowest BCUT2D eigenvalue weighted by Gasteiger charge is -2.16. The zero-order valence-corrected chi connectivity index (χ0v) is 15.2. The molecule has 2 nitrogen and oxygen atoms in total. The highest BCUT2D eigenvalue weighted by Gasteiger charge is 2.17. The van der Waals surface area contributed by atoms with E-state index in [4.69, 9.17) is 0 Å². The van der Waals surface area contributed by atoms with Crippen molar-refractivity contribution in [2.24, 2.45) is 5.18 Å². The molecular formula is C20H21NOS2. The molecule has 0 atom stereocenters. The fraction of sp³-hybridized carbons (Fsp3) is 0.300. The van der Waals surface area contributed by atoms with Gasteiger partial charge in [0.25, 0.3) is 0 Å². The fourth-order valence-corrected chi connectivity index (χ4v) is 5.21. The first kappa shape index (κ1) is 17.3. The quantitative estimate of drug-likeness (QED) is 0.461. The second-order valence-electron chi connectivity index (χ2n) is 5.77. The molecule has 0 radical (unpaired) electrons. The lowest BCUT2D eigenvalue weighted by Crippen LogP contribution is -1.99. The van der Waals surface area contributed by atoms with Crippen molar-refractivity contribution in [2.45, 2.75) is 25.7 Å². The Balaban J connectivity index is 1.69. The Bertz CT molecular complexity index is 713. The number of nitrogens with zero attached hydrogens (tertiary/aromatic N) is 1. The standard InChI is InChI=1S/C20H21NOS2/c22-21-19-18-13-5-4-11-17(18)12-7-15-24-20(19)23-14-6-10-16-8-2-1-3-9-16/h1-5,8-9,11,13H,6-7,10,12,14-15H2. The Hall–Kier alpha value is -1.52. The van der Waals surface area contributed by atoms with Gasteiger partial charge in [0, 0.05) is 5.56 Å². The Labute approximate surface area is 152 Å². The molecule has 1 aliphatic rings. The number of thioether (sulfide) groups is 2. The average molecular weight is 356 g/mol. The molecular weight excluding hydrogens is 334 g/mol. The number of hydrogen-bond donors (Lipinski definition) is 0. The van der Waals surface area contributed by atoms with Gasteiger partial charge >= 0.3 is 0 Å². The van der Waals surface area contributed by atoms with Crippen LogP contribution in [0, 0.1) is 4.91 Å². The molecule has 2 aromatic carbocycles. The normalized spacial score (nSPS) is 14.7. The maximum Gasteiger partial charge on any atom is 0.135 e. The Morgan fingerprint density at radius 2 is 1.83 bits per heavy atom. The second kappa shape index (κ2) is 9.09. The minimum absolute atomic E-state index is 0.639. The molecule has 0 saturated carbocycles. The predicted octanol–water partition coefficient (Wildman–Crippen LogP) is 6.12. The smallest absolute Gasteiger partial charge is 0.135 e. The number of benzene rings is 2. The first-order valence-corrected chi connectivity index (χ1v) is 10.3. The van der Waals surface area contributed by atoms with E-state index < -0.39 is 0 Å². The van der Waals surface area contributed by atoms with E-state index >= 15 is 0 Å². The van der Waals surface area contributed by atoms with Gasteiger partial charge in [0.1, 0.15) is 5.70 Å². The molecule has 0 spiro atoms. The van der Waals surface area contributed by atoms with Gasteiger partial charge in [-0.2, -0.15) is 0 Å². The first-order chi connectivity index (χ1) is 11.9. The van der Waals surface area contributed by atoms with Gasteiger partial charge in [-0.3, -0.25) is 0 Å². The predicted molar refractivity (Wildman–Crippen MR) is 107 cm³/mol. The minimum Gasteiger partial charge on any atom is -0.145 e. The van der Waals surface area contributed by atoms with E-state index in [9.17, 15) is 4.91 Å². The van der Waals surface area contributed by atoms with E-state index in [0.717, 1.165) is 47.0 Å². The summed E-state index contributed by atoms with van der Waals surface area (Å²) in [5, 5.41) is 3.40. The monoisotopic (exact) mass is 355 g/mol. The first-order valence-electron chi connectivity index (χ1n) is 8.34. The summed E-state index contributed by atoms with van der Waals surface area (Å²) in [4.78, 5) is 11.5. The molecule has 0 bridgehead atoms. The van der Waals surface area contributed by atoms with Gasteiger partial charge in [-0.1, -0.05) is 54.6 Å². The lowest BCUT2D eigenvalue weighted by molar-refractivity contribution is 0.927. The summed E-state index contributed by atoms with van der Waals surface area (Å²) in [6.45, 7) is 0. The van der Waals surface area contributed by atoms with Gasteiger partial charge < -0.3 is 0 Å². The number of rotatable bonds is 6. The van der Waals surface area contributed by atoms with Crippen molar-refractivity contribution in [3.8, 4) is 0 Å². The zero-order valence-electron chi connectivity index (χ0n) is 13.6. The highest BCUT2D eigenvalue weighted by atomic mass is 32.2. The van der Waals surface area contributed by atoms with Gasteiger partial charge in [0.15, 0.2) is 0 Å². The summed E-state index contributed by atoms with van der Waals surface area (Å²) < 4.78 is 1.09. The van der Waals surface area contributed by atoms with Crippen molar-refractivity contribution in [1.82, 2.24) is 0 Å². The highest BCUT2D eigenvalue weighted by molar-refractivity contribution is 8.22. The van der Waals surface area contributed by atoms with Crippen LogP contribution < -0.4 is 0 Å². The van der Waals surface area contributed by atoms with Crippen molar-refractivity contribution in [3.63, 3.8) is 0 Å². The van der Waals surface area contributed by atoms with E-state index in [1.54, 1.807) is 23.5 Å². The molecule has 4 heteroatoms. The topological polar surface area (TPSA) is 29.4 Å². The van der Waals surface area contributed by atoms with Crippen LogP contribution in [0.5, 0.6) is 0 Å². The van der Waals surface area contributed by atoms with E-state index in [-0.39, 0.29) is 0 Å². The summed E-state index contributed by atoms with van der Waals surface area (Å²) in [6.07, 6.45) is 4.34. The number of nitroso groups, excluding NO2 is 1. The van der Waals surface area contributed by atoms with Gasteiger partial charge in [-0.25, -0.2) is 0 Å². The van der Waals surface area contributed by atoms with Crippen molar-refractivity contribution in [2.75, 3.05) is 11.5 Å². The van der Waals surface area contributed by atoms with Crippen molar-refractivity contribution in [3.05, 3.63) is 80.4 Å². The van der Waals surface area contributed by atoms with E-state index in [1.807, 2.05) is 24.3 Å². The maximum absolute atomic E-state index is 11.5. The van der Waals surface area contributed by atoms with Crippen LogP contribution in [0.2, 0.25) is 0 Å². The molecule has 1 heterocycles. The van der Waals surface area contributed by atoms with Crippen molar-refractivity contribution >= 4 is 29.2 Å². The van der Waals surface area contributed by atoms with Gasteiger partial charge in [0.05, 0.1) is 4.24 Å². The molecule has 0 aliphatic carbocycles. The average Bonchev–Trinajstić information content (AvgIpc) is 2.62. The molecule has 0 N–H and O–H groups in total. The van der Waals surface area contributed by atoms with Gasteiger partial charge in [0.2, 0.25) is 0 Å². The number of aryl methyl sites for hydroxylation is 2. The van der Waals surface area contributed by atoms with Crippen LogP contribution in [0.3, 0.4) is 0 Å². The van der Waals surface area contributed by atoms with Gasteiger partial charge in [-0.05, 0) is 53.5 Å². The van der Waals surface area contributed by atoms with Crippen LogP contribution in [0.1, 0.15) is 29.5 Å². The van der Waals surface area contributed by atoms with Gasteiger partial charge in [-0.15, -0.1) is 28.4 Å². The van der Waals surface area contributed by atoms with Crippen LogP contribution in [0.4, 0.5) is 0 Å². The third kappa shape index (κ3) is 4.52. The maximum atomic E-state index is 11.5. The summed E-state index contributed by atoms with van der Waals surface area (Å²) in [5.41, 5.74) is 4.27. The molecule has 0 fully saturated rings. The third-order valence-corrected chi connectivity index (χ3v) is 6.67.